The number of H-pyrrole nitrogens is 1. The van der Waals surface area contributed by atoms with Gasteiger partial charge in [0.15, 0.2) is 0 Å². The van der Waals surface area contributed by atoms with Crippen molar-refractivity contribution in [2.24, 2.45) is 0 Å². The molecule has 1 aliphatic heterocycles. The molecule has 3 heterocycles. The van der Waals surface area contributed by atoms with Gasteiger partial charge in [-0.15, -0.1) is 11.3 Å². The molecular formula is C25H25N3O2S. The molecular weight excluding hydrogens is 406 g/mol. The Morgan fingerprint density at radius 1 is 1.19 bits per heavy atom. The summed E-state index contributed by atoms with van der Waals surface area (Å²) in [6, 6.07) is 19.0. The smallest absolute Gasteiger partial charge is 0.268 e. The van der Waals surface area contributed by atoms with Crippen LogP contribution < -0.4 is 10.3 Å². The van der Waals surface area contributed by atoms with Crippen LogP contribution in [-0.2, 0) is 6.54 Å². The molecule has 0 radical (unpaired) electrons. The monoisotopic (exact) mass is 431 g/mol. The minimum atomic E-state index is -0.0592. The van der Waals surface area contributed by atoms with E-state index in [1.54, 1.807) is 7.11 Å². The van der Waals surface area contributed by atoms with Crippen LogP contribution in [0.25, 0.3) is 20.7 Å². The summed E-state index contributed by atoms with van der Waals surface area (Å²) in [6.45, 7) is 3.80. The molecule has 1 unspecified atom stereocenters. The van der Waals surface area contributed by atoms with Gasteiger partial charge >= 0.3 is 0 Å². The van der Waals surface area contributed by atoms with Gasteiger partial charge in [0.2, 0.25) is 0 Å². The van der Waals surface area contributed by atoms with Gasteiger partial charge in [0.25, 0.3) is 5.56 Å². The highest BCUT2D eigenvalue weighted by molar-refractivity contribution is 7.22. The maximum absolute atomic E-state index is 12.8. The second kappa shape index (κ2) is 8.29. The summed E-state index contributed by atoms with van der Waals surface area (Å²) in [5.41, 5.74) is 4.39. The zero-order valence-electron chi connectivity index (χ0n) is 17.7. The number of hydrogen-bond donors (Lipinski definition) is 1. The minimum Gasteiger partial charge on any atom is -0.497 e. The molecule has 5 rings (SSSR count). The third-order valence-electron chi connectivity index (χ3n) is 5.95. The van der Waals surface area contributed by atoms with Crippen molar-refractivity contribution in [1.82, 2.24) is 14.9 Å². The lowest BCUT2D eigenvalue weighted by molar-refractivity contribution is 0.242. The number of nitrogens with zero attached hydrogens (tertiary/aromatic N) is 2. The average Bonchev–Trinajstić information content (AvgIpc) is 3.41. The number of ether oxygens (including phenoxy) is 1. The van der Waals surface area contributed by atoms with Crippen molar-refractivity contribution in [2.45, 2.75) is 32.4 Å². The highest BCUT2D eigenvalue weighted by Crippen LogP contribution is 2.34. The van der Waals surface area contributed by atoms with Crippen molar-refractivity contribution in [1.29, 1.82) is 0 Å². The number of benzene rings is 2. The van der Waals surface area contributed by atoms with Crippen molar-refractivity contribution in [3.63, 3.8) is 0 Å². The van der Waals surface area contributed by atoms with Crippen LogP contribution in [0.1, 0.15) is 35.8 Å². The topological polar surface area (TPSA) is 58.2 Å². The van der Waals surface area contributed by atoms with Crippen LogP contribution in [0.5, 0.6) is 5.75 Å². The zero-order valence-corrected chi connectivity index (χ0v) is 18.5. The van der Waals surface area contributed by atoms with Crippen LogP contribution in [0.15, 0.2) is 59.4 Å². The molecule has 0 spiro atoms. The van der Waals surface area contributed by atoms with Crippen molar-refractivity contribution in [2.75, 3.05) is 13.7 Å². The van der Waals surface area contributed by atoms with E-state index >= 15 is 0 Å². The number of aromatic nitrogens is 2. The Hall–Kier alpha value is -2.96. The Kier molecular flexibility index (Phi) is 5.34. The standard InChI is InChI=1S/C25H25N3O2S/c1-16-5-3-6-18(13-16)21-7-4-12-28(21)15-23-26-20-14-22(31-24(20)25(29)27-23)17-8-10-19(30-2)11-9-17/h3,5-6,8-11,13-14,21H,4,7,12,15H2,1-2H3,(H,26,27,29). The van der Waals surface area contributed by atoms with E-state index < -0.39 is 0 Å². The summed E-state index contributed by atoms with van der Waals surface area (Å²) in [5.74, 6) is 1.55. The fourth-order valence-electron chi connectivity index (χ4n) is 4.42. The van der Waals surface area contributed by atoms with Gasteiger partial charge in [0.1, 0.15) is 16.3 Å². The van der Waals surface area contributed by atoms with Gasteiger partial charge in [0.05, 0.1) is 19.2 Å². The molecule has 0 amide bonds. The van der Waals surface area contributed by atoms with Gasteiger partial charge in [-0.1, -0.05) is 29.8 Å². The van der Waals surface area contributed by atoms with Gasteiger partial charge in [-0.2, -0.15) is 0 Å². The molecule has 0 aliphatic carbocycles. The maximum atomic E-state index is 12.8. The number of fused-ring (bicyclic) bond motifs is 1. The highest BCUT2D eigenvalue weighted by atomic mass is 32.1. The first-order valence-electron chi connectivity index (χ1n) is 10.6. The van der Waals surface area contributed by atoms with Crippen LogP contribution in [0, 0.1) is 6.92 Å². The Labute approximate surface area is 185 Å². The summed E-state index contributed by atoms with van der Waals surface area (Å²) in [7, 11) is 1.66. The highest BCUT2D eigenvalue weighted by Gasteiger charge is 2.27. The van der Waals surface area contributed by atoms with E-state index in [9.17, 15) is 4.79 Å². The lowest BCUT2D eigenvalue weighted by atomic mass is 10.0. The predicted octanol–water partition coefficient (Wildman–Crippen LogP) is 5.31. The molecule has 1 N–H and O–H groups in total. The summed E-state index contributed by atoms with van der Waals surface area (Å²) >= 11 is 1.48. The number of nitrogens with one attached hydrogen (secondary N) is 1. The molecule has 4 aromatic rings. The lowest BCUT2D eigenvalue weighted by Gasteiger charge is -2.24. The van der Waals surface area contributed by atoms with Gasteiger partial charge in [-0.05, 0) is 67.8 Å². The quantitative estimate of drug-likeness (QED) is 0.465. The number of rotatable bonds is 5. The van der Waals surface area contributed by atoms with E-state index in [4.69, 9.17) is 9.72 Å². The first-order valence-corrected chi connectivity index (χ1v) is 11.4. The van der Waals surface area contributed by atoms with Gasteiger partial charge < -0.3 is 9.72 Å². The second-order valence-electron chi connectivity index (χ2n) is 8.11. The van der Waals surface area contributed by atoms with Gasteiger partial charge in [-0.3, -0.25) is 9.69 Å². The molecule has 0 bridgehead atoms. The van der Waals surface area contributed by atoms with Crippen molar-refractivity contribution < 1.29 is 4.74 Å². The molecule has 31 heavy (non-hydrogen) atoms. The zero-order chi connectivity index (χ0) is 21.4. The van der Waals surface area contributed by atoms with Crippen LogP contribution in [0.4, 0.5) is 0 Å². The summed E-state index contributed by atoms with van der Waals surface area (Å²) < 4.78 is 5.91. The van der Waals surface area contributed by atoms with E-state index in [2.05, 4.69) is 41.1 Å². The largest absolute Gasteiger partial charge is 0.497 e. The number of hydrogen-bond acceptors (Lipinski definition) is 5. The molecule has 1 atom stereocenters. The molecule has 2 aromatic carbocycles. The molecule has 2 aromatic heterocycles. The molecule has 158 valence electrons. The molecule has 6 heteroatoms. The van der Waals surface area contributed by atoms with Crippen molar-refractivity contribution in [3.05, 3.63) is 81.9 Å². The fourth-order valence-corrected chi connectivity index (χ4v) is 5.42. The van der Waals surface area contributed by atoms with E-state index in [1.165, 1.54) is 22.5 Å². The van der Waals surface area contributed by atoms with Crippen LogP contribution in [0.3, 0.4) is 0 Å². The molecule has 1 fully saturated rings. The predicted molar refractivity (Wildman–Crippen MR) is 126 cm³/mol. The Morgan fingerprint density at radius 2 is 2.03 bits per heavy atom. The van der Waals surface area contributed by atoms with Crippen LogP contribution in [0.2, 0.25) is 0 Å². The number of thiophene rings is 1. The Bertz CT molecular complexity index is 1280. The Morgan fingerprint density at radius 3 is 2.81 bits per heavy atom. The third-order valence-corrected chi connectivity index (χ3v) is 7.12. The van der Waals surface area contributed by atoms with E-state index in [1.807, 2.05) is 30.3 Å². The number of aromatic amines is 1. The first-order chi connectivity index (χ1) is 15.1. The first kappa shape index (κ1) is 20.0. The Balaban J connectivity index is 1.43. The number of methoxy groups -OCH3 is 1. The molecule has 5 nitrogen and oxygen atoms in total. The molecule has 0 saturated carbocycles. The number of likely N-dealkylation sites (tertiary alicyclic amines) is 1. The van der Waals surface area contributed by atoms with E-state index in [-0.39, 0.29) is 5.56 Å². The van der Waals surface area contributed by atoms with E-state index in [0.29, 0.717) is 17.3 Å². The average molecular weight is 432 g/mol. The summed E-state index contributed by atoms with van der Waals surface area (Å²) in [5, 5.41) is 0. The lowest BCUT2D eigenvalue weighted by Crippen LogP contribution is -2.25. The molecule has 1 aliphatic rings. The van der Waals surface area contributed by atoms with Crippen LogP contribution >= 0.6 is 11.3 Å². The normalized spacial score (nSPS) is 16.8. The minimum absolute atomic E-state index is 0.0592. The van der Waals surface area contributed by atoms with Crippen molar-refractivity contribution in [3.8, 4) is 16.2 Å². The fraction of sp³-hybridized carbons (Fsp3) is 0.280. The summed E-state index contributed by atoms with van der Waals surface area (Å²) in [4.78, 5) is 24.1. The van der Waals surface area contributed by atoms with E-state index in [0.717, 1.165) is 46.9 Å². The third kappa shape index (κ3) is 4.01. The molecule has 1 saturated heterocycles. The second-order valence-corrected chi connectivity index (χ2v) is 9.16. The summed E-state index contributed by atoms with van der Waals surface area (Å²) in [6.07, 6.45) is 2.29. The van der Waals surface area contributed by atoms with Crippen molar-refractivity contribution >= 4 is 21.6 Å². The number of aryl methyl sites for hydroxylation is 1. The maximum Gasteiger partial charge on any atom is 0.268 e. The van der Waals surface area contributed by atoms with Crippen LogP contribution in [-0.4, -0.2) is 28.5 Å². The van der Waals surface area contributed by atoms with Gasteiger partial charge in [0, 0.05) is 10.9 Å². The van der Waals surface area contributed by atoms with Gasteiger partial charge in [-0.25, -0.2) is 4.98 Å². The SMILES string of the molecule is COc1ccc(-c2cc3nc(CN4CCCC4c4cccc(C)c4)[nH]c(=O)c3s2)cc1.